The van der Waals surface area contributed by atoms with Crippen LogP contribution in [0.3, 0.4) is 0 Å². The average Bonchev–Trinajstić information content (AvgIpc) is 2.48. The van der Waals surface area contributed by atoms with Gasteiger partial charge in [-0.1, -0.05) is 18.2 Å². The maximum Gasteiger partial charge on any atom is 0.416 e. The molecule has 3 nitrogen and oxygen atoms in total. The van der Waals surface area contributed by atoms with Crippen molar-refractivity contribution in [1.29, 1.82) is 0 Å². The molecule has 0 spiro atoms. The summed E-state index contributed by atoms with van der Waals surface area (Å²) in [4.78, 5) is 12.4. The van der Waals surface area contributed by atoms with Crippen molar-refractivity contribution in [2.45, 2.75) is 32.4 Å². The zero-order valence-electron chi connectivity index (χ0n) is 12.5. The largest absolute Gasteiger partial charge is 0.466 e. The second-order valence-corrected chi connectivity index (χ2v) is 5.58. The molecule has 0 atom stereocenters. The molecule has 1 aliphatic heterocycles. The first-order chi connectivity index (χ1) is 10.4. The van der Waals surface area contributed by atoms with Crippen LogP contribution in [0.2, 0.25) is 0 Å². The lowest BCUT2D eigenvalue weighted by atomic mass is 9.73. The summed E-state index contributed by atoms with van der Waals surface area (Å²) in [5, 5.41) is 3.14. The summed E-state index contributed by atoms with van der Waals surface area (Å²) < 4.78 is 44.6. The number of hydrogen-bond donors (Lipinski definition) is 1. The van der Waals surface area contributed by atoms with Gasteiger partial charge in [0.25, 0.3) is 0 Å². The molecular weight excluding hydrogens is 295 g/mol. The highest BCUT2D eigenvalue weighted by molar-refractivity contribution is 5.77. The van der Waals surface area contributed by atoms with Crippen molar-refractivity contribution in [3.8, 4) is 0 Å². The standard InChI is InChI=1S/C16H20F3NO2/c1-2-22-14(21)15(7-9-20-10-8-15)11-12-5-3-4-6-13(12)16(17,18)19/h3-6,20H,2,7-11H2,1H3. The Bertz CT molecular complexity index is 522. The summed E-state index contributed by atoms with van der Waals surface area (Å²) in [6.45, 7) is 3.14. The second kappa shape index (κ2) is 6.69. The fraction of sp³-hybridized carbons (Fsp3) is 0.562. The first kappa shape index (κ1) is 16.8. The van der Waals surface area contributed by atoms with E-state index in [1.807, 2.05) is 0 Å². The first-order valence-corrected chi connectivity index (χ1v) is 7.42. The second-order valence-electron chi connectivity index (χ2n) is 5.58. The Balaban J connectivity index is 2.34. The molecule has 1 heterocycles. The van der Waals surface area contributed by atoms with Crippen LogP contribution in [-0.4, -0.2) is 25.7 Å². The Hall–Kier alpha value is -1.56. The van der Waals surface area contributed by atoms with E-state index >= 15 is 0 Å². The Morgan fingerprint density at radius 1 is 1.27 bits per heavy atom. The van der Waals surface area contributed by atoms with Gasteiger partial charge in [0.2, 0.25) is 0 Å². The van der Waals surface area contributed by atoms with E-state index in [-0.39, 0.29) is 18.6 Å². The third kappa shape index (κ3) is 3.61. The van der Waals surface area contributed by atoms with Crippen LogP contribution in [0.1, 0.15) is 30.9 Å². The number of carbonyl (C=O) groups excluding carboxylic acids is 1. The number of ether oxygens (including phenoxy) is 1. The molecule has 0 amide bonds. The molecule has 0 aromatic heterocycles. The van der Waals surface area contributed by atoms with Gasteiger partial charge < -0.3 is 10.1 Å². The van der Waals surface area contributed by atoms with Gasteiger partial charge in [-0.15, -0.1) is 0 Å². The molecule has 1 saturated heterocycles. The van der Waals surface area contributed by atoms with Crippen molar-refractivity contribution in [2.75, 3.05) is 19.7 Å². The normalized spacial score (nSPS) is 18.0. The third-order valence-corrected chi connectivity index (χ3v) is 4.12. The lowest BCUT2D eigenvalue weighted by Gasteiger charge is -2.36. The minimum Gasteiger partial charge on any atom is -0.466 e. The summed E-state index contributed by atoms with van der Waals surface area (Å²) in [5.41, 5.74) is -1.38. The van der Waals surface area contributed by atoms with E-state index in [1.54, 1.807) is 13.0 Å². The molecule has 0 bridgehead atoms. The first-order valence-electron chi connectivity index (χ1n) is 7.42. The molecule has 0 aliphatic carbocycles. The minimum atomic E-state index is -4.42. The van der Waals surface area contributed by atoms with Gasteiger partial charge in [-0.25, -0.2) is 0 Å². The minimum absolute atomic E-state index is 0.0587. The SMILES string of the molecule is CCOC(=O)C1(Cc2ccccc2C(F)(F)F)CCNCC1. The highest BCUT2D eigenvalue weighted by atomic mass is 19.4. The van der Waals surface area contributed by atoms with E-state index in [2.05, 4.69) is 5.32 Å². The van der Waals surface area contributed by atoms with Crippen LogP contribution in [0.15, 0.2) is 24.3 Å². The van der Waals surface area contributed by atoms with Gasteiger partial charge in [0.15, 0.2) is 0 Å². The molecular formula is C16H20F3NO2. The van der Waals surface area contributed by atoms with Gasteiger partial charge in [-0.3, -0.25) is 4.79 Å². The smallest absolute Gasteiger partial charge is 0.416 e. The van der Waals surface area contributed by atoms with Crippen molar-refractivity contribution in [2.24, 2.45) is 5.41 Å². The summed E-state index contributed by atoms with van der Waals surface area (Å²) in [7, 11) is 0. The van der Waals surface area contributed by atoms with Gasteiger partial charge in [-0.05, 0) is 50.9 Å². The average molecular weight is 315 g/mol. The molecule has 1 aliphatic rings. The van der Waals surface area contributed by atoms with E-state index in [0.717, 1.165) is 6.07 Å². The van der Waals surface area contributed by atoms with Crippen LogP contribution in [0.25, 0.3) is 0 Å². The lowest BCUT2D eigenvalue weighted by Crippen LogP contribution is -2.44. The Morgan fingerprint density at radius 3 is 2.50 bits per heavy atom. The van der Waals surface area contributed by atoms with E-state index in [0.29, 0.717) is 25.9 Å². The monoisotopic (exact) mass is 315 g/mol. The molecule has 0 saturated carbocycles. The van der Waals surface area contributed by atoms with Crippen molar-refractivity contribution in [1.82, 2.24) is 5.32 Å². The maximum absolute atomic E-state index is 13.1. The predicted octanol–water partition coefficient (Wildman–Crippen LogP) is 3.18. The molecule has 1 aromatic carbocycles. The van der Waals surface area contributed by atoms with Crippen molar-refractivity contribution in [3.63, 3.8) is 0 Å². The van der Waals surface area contributed by atoms with Gasteiger partial charge in [0, 0.05) is 0 Å². The van der Waals surface area contributed by atoms with Crippen molar-refractivity contribution in [3.05, 3.63) is 35.4 Å². The summed E-state index contributed by atoms with van der Waals surface area (Å²) in [5.74, 6) is -0.395. The number of piperidine rings is 1. The fourth-order valence-electron chi connectivity index (χ4n) is 2.96. The highest BCUT2D eigenvalue weighted by Gasteiger charge is 2.43. The van der Waals surface area contributed by atoms with E-state index < -0.39 is 23.1 Å². The van der Waals surface area contributed by atoms with Crippen molar-refractivity contribution >= 4 is 5.97 Å². The number of rotatable bonds is 4. The topological polar surface area (TPSA) is 38.3 Å². The number of halogens is 3. The summed E-state index contributed by atoms with van der Waals surface area (Å²) >= 11 is 0. The zero-order valence-corrected chi connectivity index (χ0v) is 12.5. The molecule has 0 radical (unpaired) electrons. The molecule has 1 fully saturated rings. The molecule has 1 aromatic rings. The number of benzene rings is 1. The van der Waals surface area contributed by atoms with Crippen LogP contribution in [0, 0.1) is 5.41 Å². The molecule has 2 rings (SSSR count). The molecule has 122 valence electrons. The van der Waals surface area contributed by atoms with Crippen molar-refractivity contribution < 1.29 is 22.7 Å². The van der Waals surface area contributed by atoms with E-state index in [4.69, 9.17) is 4.74 Å². The van der Waals surface area contributed by atoms with Crippen LogP contribution >= 0.6 is 0 Å². The number of hydrogen-bond acceptors (Lipinski definition) is 3. The van der Waals surface area contributed by atoms with E-state index in [1.165, 1.54) is 12.1 Å². The predicted molar refractivity (Wildman–Crippen MR) is 76.3 cm³/mol. The lowest BCUT2D eigenvalue weighted by molar-refractivity contribution is -0.157. The maximum atomic E-state index is 13.1. The quantitative estimate of drug-likeness (QED) is 0.867. The molecule has 22 heavy (non-hydrogen) atoms. The van der Waals surface area contributed by atoms with Gasteiger partial charge in [0.1, 0.15) is 0 Å². The fourth-order valence-corrected chi connectivity index (χ4v) is 2.96. The van der Waals surface area contributed by atoms with Crippen LogP contribution in [0.4, 0.5) is 13.2 Å². The van der Waals surface area contributed by atoms with Crippen LogP contribution in [0.5, 0.6) is 0 Å². The molecule has 6 heteroatoms. The summed E-state index contributed by atoms with van der Waals surface area (Å²) in [6.07, 6.45) is -3.39. The number of alkyl halides is 3. The molecule has 1 N–H and O–H groups in total. The van der Waals surface area contributed by atoms with Gasteiger partial charge >= 0.3 is 12.1 Å². The van der Waals surface area contributed by atoms with E-state index in [9.17, 15) is 18.0 Å². The van der Waals surface area contributed by atoms with Gasteiger partial charge in [-0.2, -0.15) is 13.2 Å². The van der Waals surface area contributed by atoms with Crippen LogP contribution < -0.4 is 5.32 Å². The Morgan fingerprint density at radius 2 is 1.91 bits per heavy atom. The molecule has 0 unspecified atom stereocenters. The summed E-state index contributed by atoms with van der Waals surface area (Å²) in [6, 6.07) is 5.46. The van der Waals surface area contributed by atoms with Crippen LogP contribution in [-0.2, 0) is 22.1 Å². The third-order valence-electron chi connectivity index (χ3n) is 4.12. The number of nitrogens with one attached hydrogen (secondary N) is 1. The highest BCUT2D eigenvalue weighted by Crippen LogP contribution is 2.39. The number of carbonyl (C=O) groups is 1. The Labute approximate surface area is 127 Å². The zero-order chi connectivity index (χ0) is 16.2. The Kier molecular flexibility index (Phi) is 5.11. The number of esters is 1. The van der Waals surface area contributed by atoms with Gasteiger partial charge in [0.05, 0.1) is 17.6 Å².